The number of unbranched alkanes of at least 4 members (excludes halogenated alkanes) is 16. The number of alkyl halides is 1. The maximum absolute atomic E-state index is 11.1. The highest BCUT2D eigenvalue weighted by Crippen LogP contribution is 2.15. The topological polar surface area (TPSA) is 107 Å². The second kappa shape index (κ2) is 28.6. The quantitative estimate of drug-likeness (QED) is 0.103. The SMILES string of the molecule is C=O.CO.Cc1oc(=O)oc1CCCCCCCCCCCCCCCCCCCC(=O)OCCl. The van der Waals surface area contributed by atoms with Crippen LogP contribution in [-0.2, 0) is 20.7 Å². The normalized spacial score (nSPS) is 10.2. The second-order valence-corrected chi connectivity index (χ2v) is 8.79. The largest absolute Gasteiger partial charge is 0.519 e. The second-order valence-electron chi connectivity index (χ2n) is 8.57. The van der Waals surface area contributed by atoms with Crippen LogP contribution in [0.2, 0.25) is 0 Å². The number of ether oxygens (including phenoxy) is 1. The number of carbonyl (C=O) groups excluding carboxylic acids is 2. The Hall–Kier alpha value is -1.60. The summed E-state index contributed by atoms with van der Waals surface area (Å²) in [7, 11) is 1.00. The van der Waals surface area contributed by atoms with Gasteiger partial charge in [-0.15, -0.1) is 0 Å². The number of halogens is 1. The predicted octanol–water partition coefficient (Wildman–Crippen LogP) is 7.27. The van der Waals surface area contributed by atoms with Gasteiger partial charge in [-0.05, 0) is 19.8 Å². The number of esters is 1. The first-order valence-electron chi connectivity index (χ1n) is 13.2. The van der Waals surface area contributed by atoms with E-state index in [9.17, 15) is 9.59 Å². The van der Waals surface area contributed by atoms with Crippen LogP contribution in [0.3, 0.4) is 0 Å². The number of hydrogen-bond acceptors (Lipinski definition) is 7. The maximum atomic E-state index is 11.1. The summed E-state index contributed by atoms with van der Waals surface area (Å²) in [6.45, 7) is 3.79. The minimum Gasteiger partial charge on any atom is -0.449 e. The fourth-order valence-electron chi connectivity index (χ4n) is 3.94. The predicted molar refractivity (Wildman–Crippen MR) is 141 cm³/mol. The van der Waals surface area contributed by atoms with E-state index < -0.39 is 5.82 Å². The molecule has 0 aromatic carbocycles. The maximum Gasteiger partial charge on any atom is 0.519 e. The van der Waals surface area contributed by atoms with Gasteiger partial charge in [0.05, 0.1) is 0 Å². The molecule has 0 aliphatic rings. The van der Waals surface area contributed by atoms with Crippen molar-refractivity contribution in [3.8, 4) is 0 Å². The summed E-state index contributed by atoms with van der Waals surface area (Å²) in [6, 6.07) is -0.0315. The molecule has 1 N–H and O–H groups in total. The number of hydrogen-bond donors (Lipinski definition) is 1. The summed E-state index contributed by atoms with van der Waals surface area (Å²) >= 11 is 5.35. The highest BCUT2D eigenvalue weighted by molar-refractivity contribution is 6.17. The molecule has 1 rings (SSSR count). The number of aliphatic hydroxyl groups excluding tert-OH is 1. The van der Waals surface area contributed by atoms with Gasteiger partial charge >= 0.3 is 11.8 Å². The average molecular weight is 521 g/mol. The summed E-state index contributed by atoms with van der Waals surface area (Å²) in [4.78, 5) is 30.1. The van der Waals surface area contributed by atoms with Gasteiger partial charge in [0.25, 0.3) is 0 Å². The van der Waals surface area contributed by atoms with Gasteiger partial charge < -0.3 is 23.5 Å². The Labute approximate surface area is 216 Å². The van der Waals surface area contributed by atoms with E-state index in [1.807, 2.05) is 6.79 Å². The number of aryl methyl sites for hydroxylation is 2. The Bertz CT molecular complexity index is 627. The van der Waals surface area contributed by atoms with E-state index in [4.69, 9.17) is 35.1 Å². The van der Waals surface area contributed by atoms with Crippen molar-refractivity contribution in [1.82, 2.24) is 0 Å². The molecule has 0 unspecified atom stereocenters. The molecule has 0 radical (unpaired) electrons. The van der Waals surface area contributed by atoms with Gasteiger partial charge in [-0.25, -0.2) is 4.79 Å². The van der Waals surface area contributed by atoms with Crippen molar-refractivity contribution in [3.63, 3.8) is 0 Å². The van der Waals surface area contributed by atoms with Crippen LogP contribution in [-0.4, -0.2) is 31.0 Å². The van der Waals surface area contributed by atoms with Gasteiger partial charge in [0.15, 0.2) is 6.07 Å². The van der Waals surface area contributed by atoms with E-state index in [0.29, 0.717) is 17.9 Å². The molecule has 0 fully saturated rings. The van der Waals surface area contributed by atoms with Gasteiger partial charge in [-0.1, -0.05) is 108 Å². The molecule has 0 atom stereocenters. The molecule has 1 aromatic rings. The Morgan fingerprint density at radius 3 is 1.46 bits per heavy atom. The molecule has 0 bridgehead atoms. The minimum absolute atomic E-state index is 0.0315. The number of aliphatic hydroxyl groups is 1. The van der Waals surface area contributed by atoms with E-state index in [-0.39, 0.29) is 12.0 Å². The first-order chi connectivity index (χ1) is 17.1. The van der Waals surface area contributed by atoms with E-state index in [0.717, 1.165) is 32.8 Å². The van der Waals surface area contributed by atoms with Gasteiger partial charge in [0.1, 0.15) is 18.3 Å². The highest BCUT2D eigenvalue weighted by atomic mass is 35.5. The van der Waals surface area contributed by atoms with E-state index in [2.05, 4.69) is 0 Å². The summed E-state index contributed by atoms with van der Waals surface area (Å²) in [5, 5.41) is 7.00. The summed E-state index contributed by atoms with van der Waals surface area (Å²) in [6.07, 6.45) is 22.8. The molecule has 8 heteroatoms. The zero-order chi connectivity index (χ0) is 26.6. The van der Waals surface area contributed by atoms with Gasteiger partial charge in [0.2, 0.25) is 0 Å². The monoisotopic (exact) mass is 520 g/mol. The smallest absolute Gasteiger partial charge is 0.449 e. The van der Waals surface area contributed by atoms with Crippen LogP contribution in [0, 0.1) is 6.92 Å². The lowest BCUT2D eigenvalue weighted by Crippen LogP contribution is -2.01. The molecule has 1 heterocycles. The van der Waals surface area contributed by atoms with Gasteiger partial charge in [0, 0.05) is 20.0 Å². The molecular weight excluding hydrogens is 472 g/mol. The lowest BCUT2D eigenvalue weighted by molar-refractivity contribution is -0.141. The van der Waals surface area contributed by atoms with Crippen molar-refractivity contribution in [2.24, 2.45) is 0 Å². The average Bonchev–Trinajstić information content (AvgIpc) is 3.19. The molecule has 35 heavy (non-hydrogen) atoms. The third kappa shape index (κ3) is 23.9. The number of carbonyl (C=O) groups is 2. The van der Waals surface area contributed by atoms with Crippen LogP contribution in [0.15, 0.2) is 13.6 Å². The summed E-state index contributed by atoms with van der Waals surface area (Å²) < 4.78 is 14.6. The van der Waals surface area contributed by atoms with Crippen molar-refractivity contribution >= 4 is 24.4 Å². The van der Waals surface area contributed by atoms with E-state index in [1.165, 1.54) is 89.9 Å². The van der Waals surface area contributed by atoms with Crippen LogP contribution in [0.5, 0.6) is 0 Å². The van der Waals surface area contributed by atoms with Crippen molar-refractivity contribution < 1.29 is 28.3 Å². The molecule has 7 nitrogen and oxygen atoms in total. The van der Waals surface area contributed by atoms with Crippen LogP contribution in [0.25, 0.3) is 0 Å². The Morgan fingerprint density at radius 2 is 1.11 bits per heavy atom. The molecule has 0 amide bonds. The summed E-state index contributed by atoms with van der Waals surface area (Å²) in [5.41, 5.74) is 0. The minimum atomic E-state index is -0.580. The molecule has 206 valence electrons. The van der Waals surface area contributed by atoms with Gasteiger partial charge in [-0.2, -0.15) is 0 Å². The Balaban J connectivity index is 0. The lowest BCUT2D eigenvalue weighted by atomic mass is 10.0. The zero-order valence-corrected chi connectivity index (χ0v) is 22.9. The van der Waals surface area contributed by atoms with Crippen LogP contribution in [0.1, 0.15) is 127 Å². The molecule has 0 spiro atoms. The third-order valence-electron chi connectivity index (χ3n) is 5.84. The third-order valence-corrected chi connectivity index (χ3v) is 5.95. The van der Waals surface area contributed by atoms with Crippen molar-refractivity contribution in [2.45, 2.75) is 129 Å². The fourth-order valence-corrected chi connectivity index (χ4v) is 4.06. The van der Waals surface area contributed by atoms with E-state index in [1.54, 1.807) is 6.92 Å². The molecule has 0 saturated carbocycles. The van der Waals surface area contributed by atoms with E-state index >= 15 is 0 Å². The molecule has 1 aromatic heterocycles. The Morgan fingerprint density at radius 1 is 0.743 bits per heavy atom. The standard InChI is InChI=1S/C25H43ClO5.CH4O.CH2O/c1-22-23(31-25(28)30-22)19-17-15-13-11-9-7-5-3-2-4-6-8-10-12-14-16-18-20-24(27)29-21-26;2*1-2/h2-21H2,1H3;2H,1H3;1H2. The zero-order valence-electron chi connectivity index (χ0n) is 22.1. The van der Waals surface area contributed by atoms with Crippen LogP contribution >= 0.6 is 11.6 Å². The van der Waals surface area contributed by atoms with Crippen molar-refractivity contribution in [2.75, 3.05) is 13.2 Å². The summed E-state index contributed by atoms with van der Waals surface area (Å²) in [5.74, 6) is 0.587. The lowest BCUT2D eigenvalue weighted by Gasteiger charge is -2.04. The first kappa shape index (κ1) is 35.6. The molecule has 0 saturated heterocycles. The molecular formula is C27H49ClO7. The molecule has 0 aliphatic heterocycles. The van der Waals surface area contributed by atoms with Crippen molar-refractivity contribution in [3.05, 3.63) is 22.1 Å². The Kier molecular flexibility index (Phi) is 29.1. The fraction of sp³-hybridized carbons (Fsp3) is 0.815. The molecule has 0 aliphatic carbocycles. The highest BCUT2D eigenvalue weighted by Gasteiger charge is 2.07. The first-order valence-corrected chi connectivity index (χ1v) is 13.7. The van der Waals surface area contributed by atoms with Crippen LogP contribution in [0.4, 0.5) is 0 Å². The number of rotatable bonds is 21. The van der Waals surface area contributed by atoms with Crippen molar-refractivity contribution in [1.29, 1.82) is 0 Å². The van der Waals surface area contributed by atoms with Gasteiger partial charge in [-0.3, -0.25) is 4.79 Å². The van der Waals surface area contributed by atoms with Crippen LogP contribution < -0.4 is 5.82 Å².